The summed E-state index contributed by atoms with van der Waals surface area (Å²) in [5.74, 6) is 0.284. The second kappa shape index (κ2) is 5.96. The highest BCUT2D eigenvalue weighted by Gasteiger charge is 2.22. The van der Waals surface area contributed by atoms with Gasteiger partial charge in [0, 0.05) is 25.8 Å². The van der Waals surface area contributed by atoms with Gasteiger partial charge in [0.05, 0.1) is 5.69 Å². The van der Waals surface area contributed by atoms with Gasteiger partial charge in [0.25, 0.3) is 0 Å². The van der Waals surface area contributed by atoms with Gasteiger partial charge in [0.2, 0.25) is 0 Å². The zero-order valence-corrected chi connectivity index (χ0v) is 10.4. The molecule has 1 heterocycles. The SMILES string of the molecule is Cc1ccn(CCCOC2CCCCC2=O)n1. The molecule has 2 rings (SSSR count). The number of aryl methyl sites for hydroxylation is 2. The van der Waals surface area contributed by atoms with Gasteiger partial charge < -0.3 is 4.74 Å². The predicted molar refractivity (Wildman–Crippen MR) is 64.8 cm³/mol. The summed E-state index contributed by atoms with van der Waals surface area (Å²) < 4.78 is 7.55. The fourth-order valence-electron chi connectivity index (χ4n) is 2.17. The molecule has 0 saturated heterocycles. The summed E-state index contributed by atoms with van der Waals surface area (Å²) in [6.07, 6.45) is 6.50. The Labute approximate surface area is 102 Å². The highest BCUT2D eigenvalue weighted by Crippen LogP contribution is 2.17. The van der Waals surface area contributed by atoms with Crippen LogP contribution < -0.4 is 0 Å². The average Bonchev–Trinajstić information content (AvgIpc) is 2.73. The summed E-state index contributed by atoms with van der Waals surface area (Å²) >= 11 is 0. The van der Waals surface area contributed by atoms with Gasteiger partial charge in [-0.3, -0.25) is 9.48 Å². The van der Waals surface area contributed by atoms with E-state index in [0.717, 1.165) is 37.9 Å². The van der Waals surface area contributed by atoms with E-state index in [0.29, 0.717) is 13.0 Å². The molecule has 17 heavy (non-hydrogen) atoms. The van der Waals surface area contributed by atoms with Crippen LogP contribution in [0.3, 0.4) is 0 Å². The molecule has 0 N–H and O–H groups in total. The average molecular weight is 236 g/mol. The molecule has 1 aromatic heterocycles. The van der Waals surface area contributed by atoms with Crippen molar-refractivity contribution in [2.75, 3.05) is 6.61 Å². The van der Waals surface area contributed by atoms with Crippen LogP contribution >= 0.6 is 0 Å². The van der Waals surface area contributed by atoms with Crippen molar-refractivity contribution in [3.05, 3.63) is 18.0 Å². The van der Waals surface area contributed by atoms with Gasteiger partial charge in [-0.25, -0.2) is 0 Å². The minimum Gasteiger partial charge on any atom is -0.370 e. The van der Waals surface area contributed by atoms with E-state index in [9.17, 15) is 4.79 Å². The van der Waals surface area contributed by atoms with Crippen molar-refractivity contribution >= 4 is 5.78 Å². The molecule has 94 valence electrons. The number of carbonyl (C=O) groups is 1. The number of ether oxygens (including phenoxy) is 1. The lowest BCUT2D eigenvalue weighted by atomic mass is 9.96. The molecule has 0 aliphatic heterocycles. The number of rotatable bonds is 5. The highest BCUT2D eigenvalue weighted by molar-refractivity contribution is 5.83. The molecule has 0 radical (unpaired) electrons. The number of hydrogen-bond acceptors (Lipinski definition) is 3. The third-order valence-corrected chi connectivity index (χ3v) is 3.12. The maximum absolute atomic E-state index is 11.5. The monoisotopic (exact) mass is 236 g/mol. The van der Waals surface area contributed by atoms with Crippen molar-refractivity contribution < 1.29 is 9.53 Å². The van der Waals surface area contributed by atoms with E-state index < -0.39 is 0 Å². The first-order valence-corrected chi connectivity index (χ1v) is 6.40. The summed E-state index contributed by atoms with van der Waals surface area (Å²) in [6.45, 7) is 3.48. The zero-order valence-electron chi connectivity index (χ0n) is 10.4. The summed E-state index contributed by atoms with van der Waals surface area (Å²) in [7, 11) is 0. The van der Waals surface area contributed by atoms with Crippen molar-refractivity contribution in [2.24, 2.45) is 0 Å². The molecule has 1 aliphatic carbocycles. The van der Waals surface area contributed by atoms with E-state index in [1.807, 2.05) is 23.9 Å². The van der Waals surface area contributed by atoms with Crippen LogP contribution in [0.1, 0.15) is 37.8 Å². The normalized spacial score (nSPS) is 20.8. The largest absolute Gasteiger partial charge is 0.370 e. The fourth-order valence-corrected chi connectivity index (χ4v) is 2.17. The van der Waals surface area contributed by atoms with Crippen LogP contribution in [0, 0.1) is 6.92 Å². The molecule has 1 fully saturated rings. The highest BCUT2D eigenvalue weighted by atomic mass is 16.5. The van der Waals surface area contributed by atoms with Gasteiger partial charge in [-0.15, -0.1) is 0 Å². The van der Waals surface area contributed by atoms with Crippen LogP contribution in [-0.2, 0) is 16.1 Å². The second-order valence-electron chi connectivity index (χ2n) is 4.65. The van der Waals surface area contributed by atoms with Crippen LogP contribution in [0.5, 0.6) is 0 Å². The molecular formula is C13H20N2O2. The Balaban J connectivity index is 1.64. The third-order valence-electron chi connectivity index (χ3n) is 3.12. The lowest BCUT2D eigenvalue weighted by molar-refractivity contribution is -0.133. The lowest BCUT2D eigenvalue weighted by Crippen LogP contribution is -2.28. The van der Waals surface area contributed by atoms with Gasteiger partial charge in [0.1, 0.15) is 6.10 Å². The van der Waals surface area contributed by atoms with Crippen molar-refractivity contribution in [1.29, 1.82) is 0 Å². The van der Waals surface area contributed by atoms with Crippen molar-refractivity contribution in [2.45, 2.75) is 51.7 Å². The molecule has 0 spiro atoms. The van der Waals surface area contributed by atoms with Gasteiger partial charge in [-0.05, 0) is 38.7 Å². The number of nitrogens with zero attached hydrogens (tertiary/aromatic N) is 2. The fraction of sp³-hybridized carbons (Fsp3) is 0.692. The number of hydrogen-bond donors (Lipinski definition) is 0. The van der Waals surface area contributed by atoms with E-state index in [4.69, 9.17) is 4.74 Å². The molecular weight excluding hydrogens is 216 g/mol. The number of ketones is 1. The minimum atomic E-state index is -0.136. The molecule has 0 amide bonds. The van der Waals surface area contributed by atoms with Gasteiger partial charge >= 0.3 is 0 Å². The summed E-state index contributed by atoms with van der Waals surface area (Å²) in [4.78, 5) is 11.5. The Hall–Kier alpha value is -1.16. The van der Waals surface area contributed by atoms with Crippen molar-refractivity contribution in [1.82, 2.24) is 9.78 Å². The maximum Gasteiger partial charge on any atom is 0.161 e. The molecule has 1 saturated carbocycles. The summed E-state index contributed by atoms with van der Waals surface area (Å²) in [6, 6.07) is 1.99. The Bertz CT molecular complexity index is 373. The van der Waals surface area contributed by atoms with Crippen LogP contribution in [0.4, 0.5) is 0 Å². The Kier molecular flexibility index (Phi) is 4.31. The Morgan fingerprint density at radius 3 is 3.12 bits per heavy atom. The van der Waals surface area contributed by atoms with E-state index in [1.54, 1.807) is 0 Å². The Morgan fingerprint density at radius 2 is 2.41 bits per heavy atom. The first kappa shape index (κ1) is 12.3. The molecule has 0 aromatic carbocycles. The summed E-state index contributed by atoms with van der Waals surface area (Å²) in [5.41, 5.74) is 1.04. The first-order chi connectivity index (χ1) is 8.25. The topological polar surface area (TPSA) is 44.1 Å². The van der Waals surface area contributed by atoms with Gasteiger partial charge in [0.15, 0.2) is 5.78 Å². The molecule has 1 unspecified atom stereocenters. The van der Waals surface area contributed by atoms with E-state index >= 15 is 0 Å². The van der Waals surface area contributed by atoms with E-state index in [2.05, 4.69) is 5.10 Å². The number of carbonyl (C=O) groups excluding carboxylic acids is 1. The first-order valence-electron chi connectivity index (χ1n) is 6.40. The molecule has 4 nitrogen and oxygen atoms in total. The Morgan fingerprint density at radius 1 is 1.53 bits per heavy atom. The maximum atomic E-state index is 11.5. The quantitative estimate of drug-likeness (QED) is 0.735. The van der Waals surface area contributed by atoms with Crippen LogP contribution in [0.2, 0.25) is 0 Å². The summed E-state index contributed by atoms with van der Waals surface area (Å²) in [5, 5.41) is 4.30. The van der Waals surface area contributed by atoms with Crippen molar-refractivity contribution in [3.63, 3.8) is 0 Å². The molecule has 1 atom stereocenters. The predicted octanol–water partition coefficient (Wildman–Crippen LogP) is 2.11. The van der Waals surface area contributed by atoms with Gasteiger partial charge in [-0.2, -0.15) is 5.10 Å². The van der Waals surface area contributed by atoms with Crippen LogP contribution in [-0.4, -0.2) is 28.3 Å². The zero-order chi connectivity index (χ0) is 12.1. The molecule has 4 heteroatoms. The van der Waals surface area contributed by atoms with Gasteiger partial charge in [-0.1, -0.05) is 0 Å². The smallest absolute Gasteiger partial charge is 0.161 e. The molecule has 1 aliphatic rings. The second-order valence-corrected chi connectivity index (χ2v) is 4.65. The molecule has 1 aromatic rings. The number of aromatic nitrogens is 2. The molecule has 0 bridgehead atoms. The minimum absolute atomic E-state index is 0.136. The lowest BCUT2D eigenvalue weighted by Gasteiger charge is -2.20. The third kappa shape index (κ3) is 3.66. The van der Waals surface area contributed by atoms with E-state index in [-0.39, 0.29) is 11.9 Å². The van der Waals surface area contributed by atoms with Crippen molar-refractivity contribution in [3.8, 4) is 0 Å². The van der Waals surface area contributed by atoms with Crippen LogP contribution in [0.25, 0.3) is 0 Å². The van der Waals surface area contributed by atoms with E-state index in [1.165, 1.54) is 0 Å². The number of Topliss-reactive ketones (excluding diaryl/α,β-unsaturated/α-hetero) is 1. The standard InChI is InChI=1S/C13H20N2O2/c1-11-7-9-15(14-11)8-4-10-17-13-6-3-2-5-12(13)16/h7,9,13H,2-6,8,10H2,1H3. The van der Waals surface area contributed by atoms with Crippen LogP contribution in [0.15, 0.2) is 12.3 Å².